The summed E-state index contributed by atoms with van der Waals surface area (Å²) in [5.74, 6) is 1.07. The van der Waals surface area contributed by atoms with Gasteiger partial charge in [0.1, 0.15) is 11.5 Å². The van der Waals surface area contributed by atoms with E-state index in [-0.39, 0.29) is 28.9 Å². The lowest BCUT2D eigenvalue weighted by Crippen LogP contribution is -2.43. The molecule has 1 amide bonds. The predicted octanol–water partition coefficient (Wildman–Crippen LogP) is 2.95. The molecule has 2 aromatic rings. The normalized spacial score (nSPS) is 16.1. The Labute approximate surface area is 161 Å². The van der Waals surface area contributed by atoms with Crippen LogP contribution in [-0.2, 0) is 4.74 Å². The first-order chi connectivity index (χ1) is 13.0. The van der Waals surface area contributed by atoms with Gasteiger partial charge in [-0.05, 0) is 25.1 Å². The van der Waals surface area contributed by atoms with Gasteiger partial charge in [0.05, 0.1) is 34.8 Å². The number of carbonyl (C=O) groups excluding carboxylic acids is 1. The van der Waals surface area contributed by atoms with Crippen LogP contribution in [0.2, 0.25) is 5.02 Å². The molecule has 1 fully saturated rings. The molecule has 1 atom stereocenters. The van der Waals surface area contributed by atoms with Crippen molar-refractivity contribution in [2.75, 3.05) is 32.8 Å². The Balaban J connectivity index is 1.76. The molecule has 2 heterocycles. The second-order valence-electron chi connectivity index (χ2n) is 6.24. The van der Waals surface area contributed by atoms with E-state index in [1.54, 1.807) is 0 Å². The molecule has 1 aliphatic rings. The maximum atomic E-state index is 12.6. The van der Waals surface area contributed by atoms with Gasteiger partial charge >= 0.3 is 0 Å². The van der Waals surface area contributed by atoms with Crippen LogP contribution in [0.3, 0.4) is 0 Å². The van der Waals surface area contributed by atoms with Gasteiger partial charge in [-0.1, -0.05) is 11.6 Å². The average molecular weight is 394 g/mol. The zero-order valence-electron chi connectivity index (χ0n) is 14.8. The second kappa shape index (κ2) is 8.51. The molecule has 27 heavy (non-hydrogen) atoms. The number of nitro benzene ring substituents is 1. The van der Waals surface area contributed by atoms with Crippen molar-refractivity contribution in [1.29, 1.82) is 0 Å². The highest BCUT2D eigenvalue weighted by Gasteiger charge is 2.26. The van der Waals surface area contributed by atoms with E-state index in [2.05, 4.69) is 10.2 Å². The Morgan fingerprint density at radius 3 is 2.70 bits per heavy atom. The van der Waals surface area contributed by atoms with Crippen LogP contribution in [0.25, 0.3) is 0 Å². The highest BCUT2D eigenvalue weighted by Crippen LogP contribution is 2.25. The lowest BCUT2D eigenvalue weighted by molar-refractivity contribution is -0.384. The SMILES string of the molecule is Cc1ccc(C(CNC(=O)c2cc([N+](=O)[O-])ccc2Cl)N2CCOCC2)o1. The minimum Gasteiger partial charge on any atom is -0.465 e. The van der Waals surface area contributed by atoms with Gasteiger partial charge in [-0.2, -0.15) is 0 Å². The number of hydrogen-bond donors (Lipinski definition) is 1. The molecule has 0 aliphatic carbocycles. The van der Waals surface area contributed by atoms with Crippen LogP contribution in [0, 0.1) is 17.0 Å². The van der Waals surface area contributed by atoms with E-state index in [0.29, 0.717) is 13.2 Å². The van der Waals surface area contributed by atoms with E-state index in [1.165, 1.54) is 18.2 Å². The summed E-state index contributed by atoms with van der Waals surface area (Å²) in [5.41, 5.74) is -0.113. The first-order valence-electron chi connectivity index (χ1n) is 8.56. The van der Waals surface area contributed by atoms with E-state index >= 15 is 0 Å². The Morgan fingerprint density at radius 2 is 2.07 bits per heavy atom. The number of rotatable bonds is 6. The fourth-order valence-electron chi connectivity index (χ4n) is 3.02. The molecule has 9 heteroatoms. The summed E-state index contributed by atoms with van der Waals surface area (Å²) in [4.78, 5) is 25.1. The average Bonchev–Trinajstić information content (AvgIpc) is 3.09. The third-order valence-electron chi connectivity index (χ3n) is 4.44. The van der Waals surface area contributed by atoms with Gasteiger partial charge in [0.25, 0.3) is 11.6 Å². The van der Waals surface area contributed by atoms with Crippen molar-refractivity contribution in [3.63, 3.8) is 0 Å². The fraction of sp³-hybridized carbons (Fsp3) is 0.389. The van der Waals surface area contributed by atoms with Crippen LogP contribution < -0.4 is 5.32 Å². The molecule has 0 bridgehead atoms. The molecule has 1 aliphatic heterocycles. The maximum absolute atomic E-state index is 12.6. The monoisotopic (exact) mass is 393 g/mol. The van der Waals surface area contributed by atoms with Crippen LogP contribution in [0.4, 0.5) is 5.69 Å². The molecular weight excluding hydrogens is 374 g/mol. The molecule has 1 N–H and O–H groups in total. The van der Waals surface area contributed by atoms with Crippen LogP contribution in [-0.4, -0.2) is 48.6 Å². The first-order valence-corrected chi connectivity index (χ1v) is 8.94. The van der Waals surface area contributed by atoms with Crippen LogP contribution >= 0.6 is 11.6 Å². The molecule has 1 saturated heterocycles. The van der Waals surface area contributed by atoms with E-state index in [1.807, 2.05) is 19.1 Å². The standard InChI is InChI=1S/C18H20ClN3O5/c1-12-2-5-17(27-12)16(21-6-8-26-9-7-21)11-20-18(23)14-10-13(22(24)25)3-4-15(14)19/h2-5,10,16H,6-9,11H2,1H3,(H,20,23). The second-order valence-corrected chi connectivity index (χ2v) is 6.65. The molecule has 0 saturated carbocycles. The first kappa shape index (κ1) is 19.3. The van der Waals surface area contributed by atoms with Gasteiger partial charge in [0.2, 0.25) is 0 Å². The number of amides is 1. The Morgan fingerprint density at radius 1 is 1.33 bits per heavy atom. The smallest absolute Gasteiger partial charge is 0.270 e. The molecule has 0 radical (unpaired) electrons. The minimum absolute atomic E-state index is 0.0715. The van der Waals surface area contributed by atoms with E-state index in [9.17, 15) is 14.9 Å². The summed E-state index contributed by atoms with van der Waals surface area (Å²) in [6, 6.07) is 7.40. The van der Waals surface area contributed by atoms with Crippen molar-refractivity contribution in [2.45, 2.75) is 13.0 Å². The van der Waals surface area contributed by atoms with Crippen molar-refractivity contribution in [3.8, 4) is 0 Å². The molecule has 8 nitrogen and oxygen atoms in total. The van der Waals surface area contributed by atoms with Crippen LogP contribution in [0.5, 0.6) is 0 Å². The Hall–Kier alpha value is -2.42. The number of benzene rings is 1. The topological polar surface area (TPSA) is 97.8 Å². The number of carbonyl (C=O) groups is 1. The summed E-state index contributed by atoms with van der Waals surface area (Å²) in [6.45, 7) is 4.81. The fourth-order valence-corrected chi connectivity index (χ4v) is 3.22. The number of non-ortho nitro benzene ring substituents is 1. The van der Waals surface area contributed by atoms with Gasteiger partial charge in [-0.15, -0.1) is 0 Å². The van der Waals surface area contributed by atoms with Crippen LogP contribution in [0.1, 0.15) is 27.9 Å². The molecule has 1 aromatic heterocycles. The summed E-state index contributed by atoms with van der Waals surface area (Å²) in [7, 11) is 0. The number of aryl methyl sites for hydroxylation is 1. The lowest BCUT2D eigenvalue weighted by Gasteiger charge is -2.33. The van der Waals surface area contributed by atoms with E-state index in [0.717, 1.165) is 24.6 Å². The van der Waals surface area contributed by atoms with Crippen molar-refractivity contribution in [1.82, 2.24) is 10.2 Å². The van der Waals surface area contributed by atoms with Crippen molar-refractivity contribution >= 4 is 23.2 Å². The summed E-state index contributed by atoms with van der Waals surface area (Å²) < 4.78 is 11.2. The predicted molar refractivity (Wildman–Crippen MR) is 99.0 cm³/mol. The summed E-state index contributed by atoms with van der Waals surface area (Å²) in [5, 5.41) is 13.9. The molecule has 3 rings (SSSR count). The number of hydrogen-bond acceptors (Lipinski definition) is 6. The van der Waals surface area contributed by atoms with Gasteiger partial charge in [-0.3, -0.25) is 19.8 Å². The van der Waals surface area contributed by atoms with Gasteiger partial charge < -0.3 is 14.5 Å². The van der Waals surface area contributed by atoms with Crippen molar-refractivity contribution in [3.05, 3.63) is 62.6 Å². The maximum Gasteiger partial charge on any atom is 0.270 e. The highest BCUT2D eigenvalue weighted by molar-refractivity contribution is 6.33. The molecule has 1 unspecified atom stereocenters. The third kappa shape index (κ3) is 4.65. The van der Waals surface area contributed by atoms with Crippen molar-refractivity contribution < 1.29 is 18.9 Å². The molecule has 0 spiro atoms. The molecular formula is C18H20ClN3O5. The number of morpholine rings is 1. The Kier molecular flexibility index (Phi) is 6.10. The summed E-state index contributed by atoms with van der Waals surface area (Å²) in [6.07, 6.45) is 0. The van der Waals surface area contributed by atoms with E-state index < -0.39 is 10.8 Å². The zero-order valence-corrected chi connectivity index (χ0v) is 15.6. The number of ether oxygens (including phenoxy) is 1. The van der Waals surface area contributed by atoms with Gasteiger partial charge in [0, 0.05) is 31.8 Å². The molecule has 144 valence electrons. The van der Waals surface area contributed by atoms with Gasteiger partial charge in [-0.25, -0.2) is 0 Å². The zero-order chi connectivity index (χ0) is 19.4. The summed E-state index contributed by atoms with van der Waals surface area (Å²) >= 11 is 6.05. The third-order valence-corrected chi connectivity index (χ3v) is 4.77. The van der Waals surface area contributed by atoms with Crippen molar-refractivity contribution in [2.24, 2.45) is 0 Å². The van der Waals surface area contributed by atoms with E-state index in [4.69, 9.17) is 20.8 Å². The van der Waals surface area contributed by atoms with Gasteiger partial charge in [0.15, 0.2) is 0 Å². The number of furan rings is 1. The molecule has 1 aromatic carbocycles. The quantitative estimate of drug-likeness (QED) is 0.598. The number of nitrogens with one attached hydrogen (secondary N) is 1. The van der Waals surface area contributed by atoms with Crippen LogP contribution in [0.15, 0.2) is 34.7 Å². The number of nitro groups is 1. The Bertz CT molecular complexity index is 832. The highest BCUT2D eigenvalue weighted by atomic mass is 35.5. The minimum atomic E-state index is -0.560. The number of halogens is 1. The largest absolute Gasteiger partial charge is 0.465 e. The number of nitrogens with zero attached hydrogens (tertiary/aromatic N) is 2. The lowest BCUT2D eigenvalue weighted by atomic mass is 10.1.